The van der Waals surface area contributed by atoms with Gasteiger partial charge in [0.1, 0.15) is 0 Å². The summed E-state index contributed by atoms with van der Waals surface area (Å²) in [5.41, 5.74) is 1.80. The summed E-state index contributed by atoms with van der Waals surface area (Å²) < 4.78 is 0. The molecule has 2 nitrogen and oxygen atoms in total. The number of carboxylic acids is 1. The van der Waals surface area contributed by atoms with Crippen LogP contribution in [0.3, 0.4) is 0 Å². The molecule has 0 radical (unpaired) electrons. The fourth-order valence-corrected chi connectivity index (χ4v) is 1.50. The summed E-state index contributed by atoms with van der Waals surface area (Å²) >= 11 is 5.92. The van der Waals surface area contributed by atoms with Crippen molar-refractivity contribution in [2.45, 2.75) is 19.8 Å². The van der Waals surface area contributed by atoms with Crippen molar-refractivity contribution in [1.29, 1.82) is 0 Å². The molecule has 0 atom stereocenters. The Hall–Kier alpha value is -1.02. The lowest BCUT2D eigenvalue weighted by Crippen LogP contribution is -2.00. The molecule has 0 unspecified atom stereocenters. The van der Waals surface area contributed by atoms with Crippen molar-refractivity contribution in [3.05, 3.63) is 34.3 Å². The molecule has 0 saturated carbocycles. The number of hydrogen-bond acceptors (Lipinski definition) is 1. The maximum absolute atomic E-state index is 10.4. The lowest BCUT2D eigenvalue weighted by atomic mass is 10.1. The quantitative estimate of drug-likeness (QED) is 0.811. The Bertz CT molecular complexity index is 321. The number of aliphatic carboxylic acids is 1. The number of aryl methyl sites for hydroxylation is 1. The molecule has 13 heavy (non-hydrogen) atoms. The zero-order chi connectivity index (χ0) is 9.84. The highest BCUT2D eigenvalue weighted by molar-refractivity contribution is 6.31. The molecule has 0 heterocycles. The number of rotatable bonds is 3. The fraction of sp³-hybridized carbons (Fsp3) is 0.300. The van der Waals surface area contributed by atoms with E-state index in [1.54, 1.807) is 12.1 Å². The van der Waals surface area contributed by atoms with Crippen molar-refractivity contribution in [3.8, 4) is 0 Å². The standard InChI is InChI=1S/C10H11ClO2/c1-2-8-4-3-7(5-9(8)11)6-10(12)13/h3-5H,2,6H2,1H3,(H,12,13). The van der Waals surface area contributed by atoms with E-state index in [0.29, 0.717) is 5.02 Å². The van der Waals surface area contributed by atoms with Crippen LogP contribution in [0.4, 0.5) is 0 Å². The Morgan fingerprint density at radius 3 is 2.69 bits per heavy atom. The van der Waals surface area contributed by atoms with E-state index in [1.165, 1.54) is 0 Å². The lowest BCUT2D eigenvalue weighted by Gasteiger charge is -2.02. The summed E-state index contributed by atoms with van der Waals surface area (Å²) in [5.74, 6) is -0.833. The van der Waals surface area contributed by atoms with Crippen molar-refractivity contribution >= 4 is 17.6 Å². The summed E-state index contributed by atoms with van der Waals surface area (Å²) in [7, 11) is 0. The van der Waals surface area contributed by atoms with Crippen LogP contribution < -0.4 is 0 Å². The fourth-order valence-electron chi connectivity index (χ4n) is 1.16. The first kappa shape index (κ1) is 10.1. The number of carboxylic acid groups (broad SMARTS) is 1. The van der Waals surface area contributed by atoms with E-state index in [4.69, 9.17) is 16.7 Å². The largest absolute Gasteiger partial charge is 0.481 e. The third-order valence-electron chi connectivity index (χ3n) is 1.85. The average molecular weight is 199 g/mol. The van der Waals surface area contributed by atoms with Gasteiger partial charge in [-0.2, -0.15) is 0 Å². The highest BCUT2D eigenvalue weighted by Crippen LogP contribution is 2.18. The molecule has 0 saturated heterocycles. The van der Waals surface area contributed by atoms with Gasteiger partial charge in [-0.05, 0) is 23.6 Å². The predicted octanol–water partition coefficient (Wildman–Crippen LogP) is 2.53. The molecule has 1 aromatic carbocycles. The highest BCUT2D eigenvalue weighted by Gasteiger charge is 2.03. The van der Waals surface area contributed by atoms with Crippen molar-refractivity contribution < 1.29 is 9.90 Å². The summed E-state index contributed by atoms with van der Waals surface area (Å²) in [5, 5.41) is 9.20. The van der Waals surface area contributed by atoms with E-state index in [1.807, 2.05) is 13.0 Å². The second kappa shape index (κ2) is 4.28. The molecule has 0 aliphatic rings. The van der Waals surface area contributed by atoms with Crippen molar-refractivity contribution in [2.24, 2.45) is 0 Å². The predicted molar refractivity (Wildman–Crippen MR) is 52.2 cm³/mol. The van der Waals surface area contributed by atoms with Gasteiger partial charge < -0.3 is 5.11 Å². The maximum atomic E-state index is 10.4. The molecule has 1 aromatic rings. The first-order valence-corrected chi connectivity index (χ1v) is 4.50. The molecule has 0 spiro atoms. The van der Waals surface area contributed by atoms with E-state index in [0.717, 1.165) is 17.5 Å². The summed E-state index contributed by atoms with van der Waals surface area (Å²) in [6.07, 6.45) is 0.899. The average Bonchev–Trinajstić information content (AvgIpc) is 2.03. The van der Waals surface area contributed by atoms with Crippen LogP contribution in [0.2, 0.25) is 5.02 Å². The van der Waals surface area contributed by atoms with Crippen molar-refractivity contribution in [1.82, 2.24) is 0 Å². The molecule has 0 fully saturated rings. The first-order chi connectivity index (χ1) is 6.13. The molecular weight excluding hydrogens is 188 g/mol. The normalized spacial score (nSPS) is 10.0. The highest BCUT2D eigenvalue weighted by atomic mass is 35.5. The van der Waals surface area contributed by atoms with E-state index in [9.17, 15) is 4.79 Å². The minimum absolute atomic E-state index is 0.0315. The zero-order valence-electron chi connectivity index (χ0n) is 7.38. The SMILES string of the molecule is CCc1ccc(CC(=O)O)cc1Cl. The van der Waals surface area contributed by atoms with Gasteiger partial charge in [-0.1, -0.05) is 30.7 Å². The van der Waals surface area contributed by atoms with E-state index in [2.05, 4.69) is 0 Å². The van der Waals surface area contributed by atoms with Crippen LogP contribution in [-0.2, 0) is 17.6 Å². The Labute approximate surface area is 82.2 Å². The topological polar surface area (TPSA) is 37.3 Å². The van der Waals surface area contributed by atoms with Crippen LogP contribution in [0, 0.1) is 0 Å². The minimum atomic E-state index is -0.833. The molecule has 0 amide bonds. The van der Waals surface area contributed by atoms with Gasteiger partial charge >= 0.3 is 5.97 Å². The summed E-state index contributed by atoms with van der Waals surface area (Å²) in [4.78, 5) is 10.4. The van der Waals surface area contributed by atoms with Crippen LogP contribution in [0.5, 0.6) is 0 Å². The summed E-state index contributed by atoms with van der Waals surface area (Å²) in [6, 6.07) is 5.40. The Morgan fingerprint density at radius 2 is 2.23 bits per heavy atom. The number of halogens is 1. The second-order valence-electron chi connectivity index (χ2n) is 2.85. The Morgan fingerprint density at radius 1 is 1.54 bits per heavy atom. The van der Waals surface area contributed by atoms with E-state index < -0.39 is 5.97 Å². The van der Waals surface area contributed by atoms with E-state index in [-0.39, 0.29) is 6.42 Å². The van der Waals surface area contributed by atoms with Gasteiger partial charge in [0.05, 0.1) is 6.42 Å². The van der Waals surface area contributed by atoms with Gasteiger partial charge in [0, 0.05) is 5.02 Å². The van der Waals surface area contributed by atoms with Crippen LogP contribution in [0.1, 0.15) is 18.1 Å². The molecule has 0 aliphatic carbocycles. The minimum Gasteiger partial charge on any atom is -0.481 e. The molecule has 0 aromatic heterocycles. The molecule has 0 bridgehead atoms. The van der Waals surface area contributed by atoms with Gasteiger partial charge in [-0.15, -0.1) is 0 Å². The Kier molecular flexibility index (Phi) is 3.32. The number of carbonyl (C=O) groups is 1. The van der Waals surface area contributed by atoms with Gasteiger partial charge in [-0.3, -0.25) is 4.79 Å². The monoisotopic (exact) mass is 198 g/mol. The van der Waals surface area contributed by atoms with Crippen LogP contribution in [-0.4, -0.2) is 11.1 Å². The Balaban J connectivity index is 2.89. The molecule has 1 rings (SSSR count). The van der Waals surface area contributed by atoms with Crippen LogP contribution in [0.15, 0.2) is 18.2 Å². The van der Waals surface area contributed by atoms with Crippen molar-refractivity contribution in [2.75, 3.05) is 0 Å². The molecule has 3 heteroatoms. The lowest BCUT2D eigenvalue weighted by molar-refractivity contribution is -0.136. The maximum Gasteiger partial charge on any atom is 0.307 e. The number of benzene rings is 1. The molecule has 70 valence electrons. The third-order valence-corrected chi connectivity index (χ3v) is 2.21. The van der Waals surface area contributed by atoms with Gasteiger partial charge in [-0.25, -0.2) is 0 Å². The number of hydrogen-bond donors (Lipinski definition) is 1. The van der Waals surface area contributed by atoms with Gasteiger partial charge in [0.25, 0.3) is 0 Å². The van der Waals surface area contributed by atoms with E-state index >= 15 is 0 Å². The van der Waals surface area contributed by atoms with Gasteiger partial charge in [0.2, 0.25) is 0 Å². The molecule has 1 N–H and O–H groups in total. The zero-order valence-corrected chi connectivity index (χ0v) is 8.14. The third kappa shape index (κ3) is 2.74. The first-order valence-electron chi connectivity index (χ1n) is 4.12. The second-order valence-corrected chi connectivity index (χ2v) is 3.26. The molecule has 0 aliphatic heterocycles. The van der Waals surface area contributed by atoms with Crippen LogP contribution in [0.25, 0.3) is 0 Å². The summed E-state index contributed by atoms with van der Waals surface area (Å²) in [6.45, 7) is 2.01. The van der Waals surface area contributed by atoms with Crippen LogP contribution >= 0.6 is 11.6 Å². The smallest absolute Gasteiger partial charge is 0.307 e. The van der Waals surface area contributed by atoms with Crippen molar-refractivity contribution in [3.63, 3.8) is 0 Å². The van der Waals surface area contributed by atoms with Gasteiger partial charge in [0.15, 0.2) is 0 Å². The molecular formula is C10H11ClO2.